The number of nitrogens with one attached hydrogen (secondary N) is 1. The number of nitrogens with zero attached hydrogens (tertiary/aromatic N) is 3. The van der Waals surface area contributed by atoms with E-state index in [4.69, 9.17) is 4.74 Å². The molecule has 9 nitrogen and oxygen atoms in total. The number of halogens is 2. The van der Waals surface area contributed by atoms with Crippen LogP contribution >= 0.6 is 0 Å². The SMILES string of the molecule is CC(C)(C=C(C#N)C(=O)N1CCC[C@]1(C)COC(=O)N[C@@H](Cc1ccccc1)B(O)O)N1CCC(F)(F)C1. The summed E-state index contributed by atoms with van der Waals surface area (Å²) < 4.78 is 32.9. The summed E-state index contributed by atoms with van der Waals surface area (Å²) >= 11 is 0. The fourth-order valence-electron chi connectivity index (χ4n) is 4.99. The number of benzene rings is 1. The first-order valence-electron chi connectivity index (χ1n) is 12.7. The minimum absolute atomic E-state index is 0.154. The van der Waals surface area contributed by atoms with Crippen molar-refractivity contribution in [3.05, 3.63) is 47.5 Å². The molecule has 1 aromatic rings. The maximum atomic E-state index is 13.8. The largest absolute Gasteiger partial charge is 0.475 e. The van der Waals surface area contributed by atoms with E-state index in [0.717, 1.165) is 5.56 Å². The van der Waals surface area contributed by atoms with Crippen molar-refractivity contribution in [1.29, 1.82) is 5.26 Å². The van der Waals surface area contributed by atoms with E-state index in [1.54, 1.807) is 49.9 Å². The third kappa shape index (κ3) is 7.31. The van der Waals surface area contributed by atoms with Crippen molar-refractivity contribution in [3.8, 4) is 6.07 Å². The number of carbonyl (C=O) groups is 2. The van der Waals surface area contributed by atoms with Gasteiger partial charge in [0.05, 0.1) is 18.0 Å². The van der Waals surface area contributed by atoms with Gasteiger partial charge in [-0.05, 0) is 51.7 Å². The molecular weight excluding hydrogens is 497 g/mol. The van der Waals surface area contributed by atoms with E-state index in [2.05, 4.69) is 5.32 Å². The molecule has 12 heteroatoms. The van der Waals surface area contributed by atoms with Crippen LogP contribution in [0.25, 0.3) is 0 Å². The molecule has 1 aromatic carbocycles. The number of ether oxygens (including phenoxy) is 1. The summed E-state index contributed by atoms with van der Waals surface area (Å²) in [5, 5.41) is 31.6. The quantitative estimate of drug-likeness (QED) is 0.253. The van der Waals surface area contributed by atoms with E-state index in [1.807, 2.05) is 12.1 Å². The molecule has 2 heterocycles. The summed E-state index contributed by atoms with van der Waals surface area (Å²) in [5.74, 6) is -4.37. The molecule has 0 saturated carbocycles. The summed E-state index contributed by atoms with van der Waals surface area (Å²) in [7, 11) is -1.81. The number of amides is 2. The Morgan fingerprint density at radius 1 is 1.26 bits per heavy atom. The van der Waals surface area contributed by atoms with Gasteiger partial charge in [-0.1, -0.05) is 30.3 Å². The van der Waals surface area contributed by atoms with E-state index in [-0.39, 0.29) is 31.6 Å². The number of alkyl carbamates (subject to hydrolysis) is 1. The average Bonchev–Trinajstić information content (AvgIpc) is 3.43. The highest BCUT2D eigenvalue weighted by molar-refractivity contribution is 6.43. The molecule has 2 amide bonds. The lowest BCUT2D eigenvalue weighted by atomic mass is 9.76. The summed E-state index contributed by atoms with van der Waals surface area (Å²) in [6.07, 6.45) is 1.60. The molecule has 2 fully saturated rings. The van der Waals surface area contributed by atoms with Crippen LogP contribution in [0.1, 0.15) is 45.6 Å². The minimum atomic E-state index is -2.81. The van der Waals surface area contributed by atoms with Crippen LogP contribution in [0.2, 0.25) is 0 Å². The molecule has 0 unspecified atom stereocenters. The highest BCUT2D eigenvalue weighted by Gasteiger charge is 2.45. The normalized spacial score (nSPS) is 22.6. The molecule has 0 bridgehead atoms. The lowest BCUT2D eigenvalue weighted by Gasteiger charge is -2.36. The number of alkyl halides is 2. The van der Waals surface area contributed by atoms with E-state index in [1.165, 1.54) is 11.0 Å². The zero-order valence-electron chi connectivity index (χ0n) is 22.0. The molecule has 206 valence electrons. The topological polar surface area (TPSA) is 126 Å². The van der Waals surface area contributed by atoms with Crippen LogP contribution in [0.15, 0.2) is 42.0 Å². The maximum Gasteiger partial charge on any atom is 0.475 e. The fourth-order valence-corrected chi connectivity index (χ4v) is 4.99. The van der Waals surface area contributed by atoms with Crippen molar-refractivity contribution >= 4 is 19.1 Å². The van der Waals surface area contributed by atoms with E-state index >= 15 is 0 Å². The summed E-state index contributed by atoms with van der Waals surface area (Å²) in [6.45, 7) is 5.00. The summed E-state index contributed by atoms with van der Waals surface area (Å²) in [4.78, 5) is 28.9. The van der Waals surface area contributed by atoms with Gasteiger partial charge in [-0.15, -0.1) is 0 Å². The lowest BCUT2D eigenvalue weighted by molar-refractivity contribution is -0.131. The number of rotatable bonds is 9. The fraction of sp³-hybridized carbons (Fsp3) is 0.577. The molecular formula is C26H35BF2N4O5. The Hall–Kier alpha value is -3.01. The van der Waals surface area contributed by atoms with Gasteiger partial charge in [0.2, 0.25) is 0 Å². The number of hydrogen-bond acceptors (Lipinski definition) is 7. The number of carbonyl (C=O) groups excluding carboxylic acids is 2. The molecule has 0 spiro atoms. The Kier molecular flexibility index (Phi) is 9.18. The first-order valence-corrected chi connectivity index (χ1v) is 12.7. The third-order valence-corrected chi connectivity index (χ3v) is 7.30. The smallest absolute Gasteiger partial charge is 0.447 e. The van der Waals surface area contributed by atoms with Crippen LogP contribution in [-0.2, 0) is 16.0 Å². The van der Waals surface area contributed by atoms with Crippen LogP contribution in [0.4, 0.5) is 13.6 Å². The number of likely N-dealkylation sites (tertiary alicyclic amines) is 2. The van der Waals surface area contributed by atoms with Crippen molar-refractivity contribution in [2.75, 3.05) is 26.2 Å². The van der Waals surface area contributed by atoms with Gasteiger partial charge >= 0.3 is 13.2 Å². The molecule has 2 saturated heterocycles. The Balaban J connectivity index is 1.65. The highest BCUT2D eigenvalue weighted by atomic mass is 19.3. The molecule has 2 aliphatic rings. The second-order valence-corrected chi connectivity index (χ2v) is 10.8. The molecule has 3 rings (SSSR count). The van der Waals surface area contributed by atoms with E-state index in [9.17, 15) is 33.7 Å². The summed E-state index contributed by atoms with van der Waals surface area (Å²) in [6, 6.07) is 10.9. The van der Waals surface area contributed by atoms with Crippen LogP contribution in [0.3, 0.4) is 0 Å². The highest BCUT2D eigenvalue weighted by Crippen LogP contribution is 2.34. The van der Waals surface area contributed by atoms with Crippen molar-refractivity contribution in [3.63, 3.8) is 0 Å². The third-order valence-electron chi connectivity index (χ3n) is 7.30. The van der Waals surface area contributed by atoms with Gasteiger partial charge in [-0.3, -0.25) is 9.69 Å². The maximum absolute atomic E-state index is 13.8. The number of nitriles is 1. The average molecular weight is 532 g/mol. The molecule has 2 aliphatic heterocycles. The van der Waals surface area contributed by atoms with Gasteiger partial charge in [-0.2, -0.15) is 5.26 Å². The summed E-state index contributed by atoms with van der Waals surface area (Å²) in [5.41, 5.74) is -1.20. The van der Waals surface area contributed by atoms with Gasteiger partial charge in [-0.25, -0.2) is 13.6 Å². The second kappa shape index (κ2) is 11.8. The Morgan fingerprint density at radius 2 is 1.95 bits per heavy atom. The van der Waals surface area contributed by atoms with Crippen molar-refractivity contribution in [2.24, 2.45) is 0 Å². The van der Waals surface area contributed by atoms with Gasteiger partial charge in [0.25, 0.3) is 11.8 Å². The Bertz CT molecular complexity index is 1080. The van der Waals surface area contributed by atoms with Crippen LogP contribution < -0.4 is 5.32 Å². The van der Waals surface area contributed by atoms with Crippen LogP contribution in [0.5, 0.6) is 0 Å². The van der Waals surface area contributed by atoms with Crippen molar-refractivity contribution < 1.29 is 33.2 Å². The standard InChI is InChI=1S/C26H35BF2N4O5/c1-24(2,32-13-11-26(28,29)17-32)15-20(16-30)22(34)33-12-7-10-25(33,3)18-38-23(35)31-21(27(36)37)14-19-8-5-4-6-9-19/h4-6,8-9,15,21,36-37H,7,10-14,17-18H2,1-3H3,(H,31,35)/t21-,25+/m0/s1. The van der Waals surface area contributed by atoms with Crippen LogP contribution in [-0.4, -0.2) is 88.1 Å². The molecule has 0 aromatic heterocycles. The lowest BCUT2D eigenvalue weighted by Crippen LogP contribution is -2.52. The van der Waals surface area contributed by atoms with Crippen molar-refractivity contribution in [1.82, 2.24) is 15.1 Å². The molecule has 2 atom stereocenters. The predicted octanol–water partition coefficient (Wildman–Crippen LogP) is 2.29. The first kappa shape index (κ1) is 29.5. The molecule has 0 radical (unpaired) electrons. The van der Waals surface area contributed by atoms with Gasteiger partial charge < -0.3 is 25.0 Å². The van der Waals surface area contributed by atoms with Gasteiger partial charge in [0.1, 0.15) is 18.2 Å². The first-order chi connectivity index (χ1) is 17.8. The Morgan fingerprint density at radius 3 is 2.53 bits per heavy atom. The number of hydrogen-bond donors (Lipinski definition) is 3. The zero-order chi connectivity index (χ0) is 28.1. The van der Waals surface area contributed by atoms with Crippen molar-refractivity contribution in [2.45, 2.75) is 69.4 Å². The predicted molar refractivity (Wildman–Crippen MR) is 137 cm³/mol. The van der Waals surface area contributed by atoms with Gasteiger partial charge in [0.15, 0.2) is 0 Å². The van der Waals surface area contributed by atoms with Crippen LogP contribution in [0, 0.1) is 11.3 Å². The molecule has 0 aliphatic carbocycles. The molecule has 3 N–H and O–H groups in total. The minimum Gasteiger partial charge on any atom is -0.447 e. The van der Waals surface area contributed by atoms with E-state index < -0.39 is 48.6 Å². The van der Waals surface area contributed by atoms with Gasteiger partial charge in [0, 0.05) is 25.0 Å². The monoisotopic (exact) mass is 532 g/mol. The van der Waals surface area contributed by atoms with E-state index in [0.29, 0.717) is 19.4 Å². The zero-order valence-corrected chi connectivity index (χ0v) is 22.0. The second-order valence-electron chi connectivity index (χ2n) is 10.8. The Labute approximate surface area is 222 Å². The molecule has 38 heavy (non-hydrogen) atoms.